The van der Waals surface area contributed by atoms with E-state index in [0.717, 1.165) is 29.7 Å². The van der Waals surface area contributed by atoms with Crippen LogP contribution in [-0.2, 0) is 20.4 Å². The predicted octanol–water partition coefficient (Wildman–Crippen LogP) is 7.68. The zero-order valence-electron chi connectivity index (χ0n) is 22.4. The molecule has 192 valence electrons. The summed E-state index contributed by atoms with van der Waals surface area (Å²) in [5.74, 6) is 7.27. The van der Waals surface area contributed by atoms with E-state index < -0.39 is 11.6 Å². The van der Waals surface area contributed by atoms with E-state index in [0.29, 0.717) is 5.92 Å². The Morgan fingerprint density at radius 3 is 1.95 bits per heavy atom. The summed E-state index contributed by atoms with van der Waals surface area (Å²) >= 11 is 0. The molecule has 0 spiro atoms. The van der Waals surface area contributed by atoms with Crippen LogP contribution in [0.5, 0.6) is 5.75 Å². The van der Waals surface area contributed by atoms with Crippen LogP contribution >= 0.6 is 0 Å². The van der Waals surface area contributed by atoms with Gasteiger partial charge in [-0.15, -0.1) is 0 Å². The number of hydrogen-bond donors (Lipinski definition) is 0. The molecule has 1 aliphatic rings. The Kier molecular flexibility index (Phi) is 9.00. The van der Waals surface area contributed by atoms with Crippen LogP contribution in [0.25, 0.3) is 0 Å². The molecule has 4 rings (SSSR count). The first-order chi connectivity index (χ1) is 17.8. The number of hydrogen-bond acceptors (Lipinski definition) is 3. The summed E-state index contributed by atoms with van der Waals surface area (Å²) in [6.07, 6.45) is 6.06. The molecule has 3 aromatic rings. The molecular formula is C33H37O3S+. The molecule has 0 heterocycles. The number of aryl methyl sites for hydroxylation is 2. The van der Waals surface area contributed by atoms with Crippen LogP contribution < -0.4 is 4.74 Å². The molecule has 0 aliphatic heterocycles. The van der Waals surface area contributed by atoms with E-state index >= 15 is 0 Å². The first-order valence-electron chi connectivity index (χ1n) is 13.2. The lowest BCUT2D eigenvalue weighted by Crippen LogP contribution is -2.29. The Hall–Kier alpha value is -3.16. The van der Waals surface area contributed by atoms with Crippen molar-refractivity contribution in [1.29, 1.82) is 0 Å². The van der Waals surface area contributed by atoms with Gasteiger partial charge in [0.1, 0.15) is 5.75 Å². The smallest absolute Gasteiger partial charge is 0.345 e. The molecule has 0 amide bonds. The summed E-state index contributed by atoms with van der Waals surface area (Å²) < 4.78 is 11.7. The molecule has 3 aromatic carbocycles. The molecule has 1 saturated carbocycles. The molecule has 0 atom stereocenters. The highest BCUT2D eigenvalue weighted by Crippen LogP contribution is 2.35. The fourth-order valence-corrected chi connectivity index (χ4v) is 7.04. The van der Waals surface area contributed by atoms with Crippen molar-refractivity contribution in [2.24, 2.45) is 5.92 Å². The van der Waals surface area contributed by atoms with Crippen molar-refractivity contribution >= 4 is 16.9 Å². The predicted molar refractivity (Wildman–Crippen MR) is 151 cm³/mol. The Morgan fingerprint density at radius 2 is 1.41 bits per heavy atom. The third-order valence-corrected chi connectivity index (χ3v) is 8.71. The van der Waals surface area contributed by atoms with Gasteiger partial charge in [-0.25, -0.2) is 4.79 Å². The minimum atomic E-state index is -0.828. The SMILES string of the molecule is Cc1cc([S+](c2ccccc2)c2ccccc2)cc(C)c1OCC(=O)OC(C)(C)C#CC1CCCCC1. The van der Waals surface area contributed by atoms with E-state index in [-0.39, 0.29) is 17.5 Å². The second-order valence-electron chi connectivity index (χ2n) is 10.2. The molecule has 0 saturated heterocycles. The maximum absolute atomic E-state index is 12.6. The van der Waals surface area contributed by atoms with Gasteiger partial charge in [-0.1, -0.05) is 67.5 Å². The average molecular weight is 514 g/mol. The number of ether oxygens (including phenoxy) is 2. The highest BCUT2D eigenvalue weighted by molar-refractivity contribution is 7.97. The lowest BCUT2D eigenvalue weighted by Gasteiger charge is -2.21. The number of benzene rings is 3. The van der Waals surface area contributed by atoms with Crippen LogP contribution in [0.1, 0.15) is 57.1 Å². The van der Waals surface area contributed by atoms with Crippen LogP contribution in [0, 0.1) is 31.6 Å². The van der Waals surface area contributed by atoms with Gasteiger partial charge in [0.05, 0.1) is 10.9 Å². The Morgan fingerprint density at radius 1 is 0.865 bits per heavy atom. The zero-order valence-corrected chi connectivity index (χ0v) is 23.2. The van der Waals surface area contributed by atoms with E-state index in [1.807, 2.05) is 39.8 Å². The maximum Gasteiger partial charge on any atom is 0.345 e. The summed E-state index contributed by atoms with van der Waals surface area (Å²) in [5.41, 5.74) is 1.18. The quantitative estimate of drug-likeness (QED) is 0.185. The van der Waals surface area contributed by atoms with Gasteiger partial charge in [0, 0.05) is 18.1 Å². The van der Waals surface area contributed by atoms with Crippen molar-refractivity contribution in [2.45, 2.75) is 80.1 Å². The van der Waals surface area contributed by atoms with Crippen molar-refractivity contribution in [3.8, 4) is 17.6 Å². The molecule has 0 aromatic heterocycles. The van der Waals surface area contributed by atoms with Crippen molar-refractivity contribution in [2.75, 3.05) is 6.61 Å². The van der Waals surface area contributed by atoms with E-state index in [1.165, 1.54) is 33.9 Å². The number of carbonyl (C=O) groups excluding carboxylic acids is 1. The third kappa shape index (κ3) is 7.43. The summed E-state index contributed by atoms with van der Waals surface area (Å²) in [5, 5.41) is 0. The van der Waals surface area contributed by atoms with Gasteiger partial charge in [0.25, 0.3) is 0 Å². The highest BCUT2D eigenvalue weighted by atomic mass is 32.2. The van der Waals surface area contributed by atoms with Gasteiger partial charge in [-0.3, -0.25) is 0 Å². The molecule has 37 heavy (non-hydrogen) atoms. The van der Waals surface area contributed by atoms with Crippen molar-refractivity contribution in [3.05, 3.63) is 83.9 Å². The summed E-state index contributed by atoms with van der Waals surface area (Å²) in [7, 11) is -0.237. The molecule has 1 fully saturated rings. The molecule has 4 heteroatoms. The minimum absolute atomic E-state index is 0.140. The second-order valence-corrected chi connectivity index (χ2v) is 12.2. The summed E-state index contributed by atoms with van der Waals surface area (Å²) in [6, 6.07) is 25.5. The number of carbonyl (C=O) groups is 1. The molecule has 1 aliphatic carbocycles. The molecule has 0 bridgehead atoms. The van der Waals surface area contributed by atoms with Gasteiger partial charge in [-0.05, 0) is 75.9 Å². The van der Waals surface area contributed by atoms with Crippen LogP contribution in [0.4, 0.5) is 0 Å². The van der Waals surface area contributed by atoms with Crippen LogP contribution in [-0.4, -0.2) is 18.2 Å². The second kappa shape index (κ2) is 12.4. The lowest BCUT2D eigenvalue weighted by molar-refractivity contribution is -0.154. The van der Waals surface area contributed by atoms with Crippen molar-refractivity contribution in [1.82, 2.24) is 0 Å². The zero-order chi connectivity index (χ0) is 26.3. The van der Waals surface area contributed by atoms with Gasteiger partial charge in [0.15, 0.2) is 26.9 Å². The van der Waals surface area contributed by atoms with Gasteiger partial charge >= 0.3 is 5.97 Å². The molecule has 0 unspecified atom stereocenters. The van der Waals surface area contributed by atoms with E-state index in [1.54, 1.807) is 0 Å². The molecule has 0 radical (unpaired) electrons. The summed E-state index contributed by atoms with van der Waals surface area (Å²) in [6.45, 7) is 7.63. The lowest BCUT2D eigenvalue weighted by atomic mass is 9.89. The average Bonchev–Trinajstić information content (AvgIpc) is 2.89. The van der Waals surface area contributed by atoms with E-state index in [2.05, 4.69) is 72.5 Å². The number of esters is 1. The largest absolute Gasteiger partial charge is 0.481 e. The fourth-order valence-electron chi connectivity index (χ4n) is 4.77. The first-order valence-corrected chi connectivity index (χ1v) is 14.4. The van der Waals surface area contributed by atoms with Gasteiger partial charge in [-0.2, -0.15) is 0 Å². The van der Waals surface area contributed by atoms with E-state index in [9.17, 15) is 4.79 Å². The van der Waals surface area contributed by atoms with Crippen molar-refractivity contribution < 1.29 is 14.3 Å². The molecule has 0 N–H and O–H groups in total. The van der Waals surface area contributed by atoms with Crippen LogP contribution in [0.15, 0.2) is 87.5 Å². The Balaban J connectivity index is 1.46. The van der Waals surface area contributed by atoms with Crippen LogP contribution in [0.2, 0.25) is 0 Å². The van der Waals surface area contributed by atoms with Gasteiger partial charge < -0.3 is 9.47 Å². The van der Waals surface area contributed by atoms with E-state index in [4.69, 9.17) is 9.47 Å². The van der Waals surface area contributed by atoms with Gasteiger partial charge in [0.2, 0.25) is 0 Å². The first kappa shape index (κ1) is 26.9. The Labute approximate surface area is 224 Å². The minimum Gasteiger partial charge on any atom is -0.481 e. The van der Waals surface area contributed by atoms with Crippen LogP contribution in [0.3, 0.4) is 0 Å². The molecular weight excluding hydrogens is 476 g/mol. The summed E-state index contributed by atoms with van der Waals surface area (Å²) in [4.78, 5) is 16.4. The Bertz CT molecular complexity index is 1190. The monoisotopic (exact) mass is 513 g/mol. The maximum atomic E-state index is 12.6. The third-order valence-electron chi connectivity index (χ3n) is 6.51. The normalized spacial score (nSPS) is 14.1. The standard InChI is InChI=1S/C33H37O3S/c1-25-22-30(37(28-16-10-6-11-17-28)29-18-12-7-13-19-29)23-26(2)32(25)35-24-31(34)36-33(3,4)21-20-27-14-8-5-9-15-27/h6-7,10-13,16-19,22-23,27H,5,8-9,14-15,24H2,1-4H3/q+1. The highest BCUT2D eigenvalue weighted by Gasteiger charge is 2.30. The fraction of sp³-hybridized carbons (Fsp3) is 0.364. The van der Waals surface area contributed by atoms with Crippen molar-refractivity contribution in [3.63, 3.8) is 0 Å². The number of rotatable bonds is 7. The topological polar surface area (TPSA) is 35.5 Å². The molecule has 3 nitrogen and oxygen atoms in total.